The van der Waals surface area contributed by atoms with Crippen molar-refractivity contribution in [2.75, 3.05) is 19.6 Å². The summed E-state index contributed by atoms with van der Waals surface area (Å²) >= 11 is 6.54. The molecule has 1 unspecified atom stereocenters. The fourth-order valence-corrected chi connectivity index (χ4v) is 3.60. The molecule has 1 N–H and O–H groups in total. The average molecular weight is 297 g/mol. The summed E-state index contributed by atoms with van der Waals surface area (Å²) in [7, 11) is 0. The molecular formula is C15H25ClN4. The summed E-state index contributed by atoms with van der Waals surface area (Å²) in [6.07, 6.45) is 3.69. The van der Waals surface area contributed by atoms with Gasteiger partial charge in [-0.15, -0.1) is 0 Å². The summed E-state index contributed by atoms with van der Waals surface area (Å²) in [5.74, 6) is 0.894. The monoisotopic (exact) mass is 296 g/mol. The first kappa shape index (κ1) is 14.4. The Hall–Kier alpha value is -0.580. The van der Waals surface area contributed by atoms with Crippen molar-refractivity contribution in [1.29, 1.82) is 0 Å². The van der Waals surface area contributed by atoms with E-state index in [-0.39, 0.29) is 0 Å². The summed E-state index contributed by atoms with van der Waals surface area (Å²) in [6, 6.07) is 0.685. The lowest BCUT2D eigenvalue weighted by Gasteiger charge is -2.36. The Balaban J connectivity index is 1.80. The van der Waals surface area contributed by atoms with Crippen LogP contribution in [0.3, 0.4) is 0 Å². The van der Waals surface area contributed by atoms with Crippen LogP contribution in [0.15, 0.2) is 0 Å². The minimum atomic E-state index is 0.685. The van der Waals surface area contributed by atoms with Gasteiger partial charge < -0.3 is 5.32 Å². The molecule has 1 saturated carbocycles. The summed E-state index contributed by atoms with van der Waals surface area (Å²) < 4.78 is 2.09. The van der Waals surface area contributed by atoms with Crippen molar-refractivity contribution in [2.45, 2.75) is 52.2 Å². The van der Waals surface area contributed by atoms with E-state index < -0.39 is 0 Å². The van der Waals surface area contributed by atoms with Gasteiger partial charge in [-0.1, -0.05) is 18.5 Å². The van der Waals surface area contributed by atoms with Gasteiger partial charge in [-0.2, -0.15) is 5.10 Å². The Kier molecular flexibility index (Phi) is 4.34. The molecule has 1 saturated heterocycles. The van der Waals surface area contributed by atoms with Gasteiger partial charge in [-0.25, -0.2) is 0 Å². The standard InChI is InChI=1S/C15H25ClN4/c1-3-12-15(16)14(20(4-2)18-12)10-19-8-7-17-9-13(19)11-5-6-11/h11,13,17H,3-10H2,1-2H3. The molecule has 1 atom stereocenters. The largest absolute Gasteiger partial charge is 0.314 e. The van der Waals surface area contributed by atoms with Gasteiger partial charge in [0.05, 0.1) is 16.4 Å². The van der Waals surface area contributed by atoms with Crippen LogP contribution in [0, 0.1) is 5.92 Å². The van der Waals surface area contributed by atoms with Crippen molar-refractivity contribution < 1.29 is 0 Å². The molecule has 5 heteroatoms. The molecule has 0 bridgehead atoms. The second-order valence-corrected chi connectivity index (χ2v) is 6.33. The highest BCUT2D eigenvalue weighted by Crippen LogP contribution is 2.36. The van der Waals surface area contributed by atoms with Crippen molar-refractivity contribution in [1.82, 2.24) is 20.0 Å². The molecule has 2 heterocycles. The Morgan fingerprint density at radius 3 is 2.80 bits per heavy atom. The van der Waals surface area contributed by atoms with Gasteiger partial charge in [0, 0.05) is 38.8 Å². The third-order valence-electron chi connectivity index (χ3n) is 4.61. The highest BCUT2D eigenvalue weighted by Gasteiger charge is 2.37. The molecule has 2 aliphatic rings. The molecule has 0 spiro atoms. The number of hydrogen-bond donors (Lipinski definition) is 1. The maximum absolute atomic E-state index is 6.54. The normalized spacial score (nSPS) is 24.2. The van der Waals surface area contributed by atoms with Crippen molar-refractivity contribution in [3.05, 3.63) is 16.4 Å². The van der Waals surface area contributed by atoms with E-state index in [9.17, 15) is 0 Å². The number of hydrogen-bond acceptors (Lipinski definition) is 3. The maximum atomic E-state index is 6.54. The zero-order valence-corrected chi connectivity index (χ0v) is 13.3. The van der Waals surface area contributed by atoms with Crippen molar-refractivity contribution in [3.8, 4) is 0 Å². The van der Waals surface area contributed by atoms with Crippen LogP contribution >= 0.6 is 11.6 Å². The van der Waals surface area contributed by atoms with Gasteiger partial charge >= 0.3 is 0 Å². The van der Waals surface area contributed by atoms with Gasteiger partial charge in [0.25, 0.3) is 0 Å². The van der Waals surface area contributed by atoms with Crippen molar-refractivity contribution in [3.63, 3.8) is 0 Å². The van der Waals surface area contributed by atoms with Crippen molar-refractivity contribution >= 4 is 11.6 Å². The molecule has 0 amide bonds. The van der Waals surface area contributed by atoms with Gasteiger partial charge in [-0.05, 0) is 32.1 Å². The average Bonchev–Trinajstić information content (AvgIpc) is 3.27. The smallest absolute Gasteiger partial charge is 0.0863 e. The highest BCUT2D eigenvalue weighted by molar-refractivity contribution is 6.31. The summed E-state index contributed by atoms with van der Waals surface area (Å²) in [6.45, 7) is 9.44. The Labute approximate surface area is 126 Å². The van der Waals surface area contributed by atoms with Crippen LogP contribution in [0.25, 0.3) is 0 Å². The molecule has 112 valence electrons. The number of nitrogens with one attached hydrogen (secondary N) is 1. The Bertz CT molecular complexity index is 467. The van der Waals surface area contributed by atoms with E-state index in [1.807, 2.05) is 0 Å². The number of aromatic nitrogens is 2. The van der Waals surface area contributed by atoms with E-state index in [2.05, 4.69) is 33.8 Å². The SMILES string of the molecule is CCc1nn(CC)c(CN2CCNCC2C2CC2)c1Cl. The maximum Gasteiger partial charge on any atom is 0.0863 e. The molecule has 2 fully saturated rings. The molecule has 0 radical (unpaired) electrons. The van der Waals surface area contributed by atoms with Crippen LogP contribution in [0.1, 0.15) is 38.1 Å². The first-order valence-corrected chi connectivity index (χ1v) is 8.31. The molecule has 1 aliphatic heterocycles. The lowest BCUT2D eigenvalue weighted by atomic mass is 10.1. The first-order valence-electron chi connectivity index (χ1n) is 7.93. The highest BCUT2D eigenvalue weighted by atomic mass is 35.5. The van der Waals surface area contributed by atoms with Crippen LogP contribution in [0.2, 0.25) is 5.02 Å². The van der Waals surface area contributed by atoms with Crippen LogP contribution in [0.4, 0.5) is 0 Å². The molecular weight excluding hydrogens is 272 g/mol. The number of halogens is 1. The van der Waals surface area contributed by atoms with Crippen LogP contribution in [-0.2, 0) is 19.5 Å². The van der Waals surface area contributed by atoms with E-state index in [0.29, 0.717) is 6.04 Å². The second kappa shape index (κ2) is 6.04. The second-order valence-electron chi connectivity index (χ2n) is 5.96. The van der Waals surface area contributed by atoms with Gasteiger partial charge in [0.1, 0.15) is 0 Å². The third kappa shape index (κ3) is 2.74. The van der Waals surface area contributed by atoms with Crippen LogP contribution < -0.4 is 5.32 Å². The summed E-state index contributed by atoms with van der Waals surface area (Å²) in [5.41, 5.74) is 2.25. The number of piperazine rings is 1. The lowest BCUT2D eigenvalue weighted by Crippen LogP contribution is -2.52. The molecule has 1 aliphatic carbocycles. The molecule has 1 aromatic rings. The van der Waals surface area contributed by atoms with Gasteiger partial charge in [0.15, 0.2) is 0 Å². The fourth-order valence-electron chi connectivity index (χ4n) is 3.27. The van der Waals surface area contributed by atoms with E-state index >= 15 is 0 Å². The molecule has 0 aromatic carbocycles. The minimum absolute atomic E-state index is 0.685. The Morgan fingerprint density at radius 2 is 2.15 bits per heavy atom. The summed E-state index contributed by atoms with van der Waals surface area (Å²) in [5, 5.41) is 9.07. The lowest BCUT2D eigenvalue weighted by molar-refractivity contribution is 0.132. The van der Waals surface area contributed by atoms with Crippen LogP contribution in [-0.4, -0.2) is 40.4 Å². The van der Waals surface area contributed by atoms with E-state index in [4.69, 9.17) is 11.6 Å². The van der Waals surface area contributed by atoms with E-state index in [0.717, 1.165) is 55.8 Å². The molecule has 3 rings (SSSR count). The first-order chi connectivity index (χ1) is 9.74. The quantitative estimate of drug-likeness (QED) is 0.905. The van der Waals surface area contributed by atoms with Crippen LogP contribution in [0.5, 0.6) is 0 Å². The predicted octanol–water partition coefficient (Wildman–Crippen LogP) is 2.30. The van der Waals surface area contributed by atoms with E-state index in [1.54, 1.807) is 0 Å². The topological polar surface area (TPSA) is 33.1 Å². The predicted molar refractivity (Wildman–Crippen MR) is 82.1 cm³/mol. The van der Waals surface area contributed by atoms with Gasteiger partial charge in [0.2, 0.25) is 0 Å². The zero-order chi connectivity index (χ0) is 14.1. The molecule has 20 heavy (non-hydrogen) atoms. The fraction of sp³-hybridized carbons (Fsp3) is 0.800. The molecule has 1 aromatic heterocycles. The minimum Gasteiger partial charge on any atom is -0.314 e. The number of rotatable bonds is 5. The van der Waals surface area contributed by atoms with E-state index in [1.165, 1.54) is 18.5 Å². The number of nitrogens with zero attached hydrogens (tertiary/aromatic N) is 3. The Morgan fingerprint density at radius 1 is 1.35 bits per heavy atom. The van der Waals surface area contributed by atoms with Crippen molar-refractivity contribution in [2.24, 2.45) is 5.92 Å². The summed E-state index contributed by atoms with van der Waals surface area (Å²) in [4.78, 5) is 2.61. The third-order valence-corrected chi connectivity index (χ3v) is 5.05. The number of aryl methyl sites for hydroxylation is 2. The van der Waals surface area contributed by atoms with Gasteiger partial charge in [-0.3, -0.25) is 9.58 Å². The molecule has 4 nitrogen and oxygen atoms in total. The zero-order valence-electron chi connectivity index (χ0n) is 12.5.